The zero-order chi connectivity index (χ0) is 12.6. The minimum absolute atomic E-state index is 0.0374. The van der Waals surface area contributed by atoms with Gasteiger partial charge in [-0.25, -0.2) is 0 Å². The van der Waals surface area contributed by atoms with Crippen LogP contribution in [0.15, 0.2) is 0 Å². The van der Waals surface area contributed by atoms with Gasteiger partial charge < -0.3 is 4.74 Å². The molecule has 0 rings (SSSR count). The summed E-state index contributed by atoms with van der Waals surface area (Å²) in [5.74, 6) is 0.0358. The third kappa shape index (κ3) is 7.72. The Morgan fingerprint density at radius 2 is 1.88 bits per heavy atom. The van der Waals surface area contributed by atoms with Crippen LogP contribution >= 0.6 is 0 Å². The average molecular weight is 227 g/mol. The Bertz CT molecular complexity index is 191. The van der Waals surface area contributed by atoms with Crippen LogP contribution in [0.5, 0.6) is 0 Å². The second-order valence-electron chi connectivity index (χ2n) is 5.34. The van der Waals surface area contributed by atoms with Gasteiger partial charge in [0.1, 0.15) is 5.60 Å². The Balaban J connectivity index is 3.93. The number of ether oxygens (including phenoxy) is 1. The highest BCUT2D eigenvalue weighted by molar-refractivity contribution is 5.72. The van der Waals surface area contributed by atoms with Crippen molar-refractivity contribution in [3.05, 3.63) is 6.92 Å². The van der Waals surface area contributed by atoms with E-state index >= 15 is 0 Å². The predicted molar refractivity (Wildman–Crippen MR) is 68.1 cm³/mol. The van der Waals surface area contributed by atoms with Crippen LogP contribution in [-0.2, 0) is 9.53 Å². The maximum atomic E-state index is 11.8. The van der Waals surface area contributed by atoms with Gasteiger partial charge >= 0.3 is 5.97 Å². The summed E-state index contributed by atoms with van der Waals surface area (Å²) in [6, 6.07) is 0. The zero-order valence-electron chi connectivity index (χ0n) is 11.3. The molecule has 0 aromatic carbocycles. The van der Waals surface area contributed by atoms with E-state index in [0.29, 0.717) is 0 Å². The smallest absolute Gasteiger partial charge is 0.309 e. The first-order chi connectivity index (χ1) is 7.40. The van der Waals surface area contributed by atoms with Crippen molar-refractivity contribution in [3.8, 4) is 0 Å². The average Bonchev–Trinajstić information content (AvgIpc) is 2.15. The van der Waals surface area contributed by atoms with E-state index < -0.39 is 0 Å². The number of rotatable bonds is 7. The quantitative estimate of drug-likeness (QED) is 0.482. The molecule has 2 nitrogen and oxygen atoms in total. The highest BCUT2D eigenvalue weighted by Gasteiger charge is 2.23. The first kappa shape index (κ1) is 15.5. The molecule has 0 bridgehead atoms. The lowest BCUT2D eigenvalue weighted by molar-refractivity contribution is -0.160. The van der Waals surface area contributed by atoms with Gasteiger partial charge in [-0.2, -0.15) is 0 Å². The van der Waals surface area contributed by atoms with Crippen molar-refractivity contribution in [2.75, 3.05) is 0 Å². The van der Waals surface area contributed by atoms with Crippen LogP contribution in [0.4, 0.5) is 0 Å². The molecule has 95 valence electrons. The fourth-order valence-electron chi connectivity index (χ4n) is 1.62. The van der Waals surface area contributed by atoms with E-state index in [0.717, 1.165) is 32.1 Å². The fourth-order valence-corrected chi connectivity index (χ4v) is 1.62. The van der Waals surface area contributed by atoms with Gasteiger partial charge in [-0.1, -0.05) is 39.5 Å². The Hall–Kier alpha value is -0.530. The molecule has 0 spiro atoms. The lowest BCUT2D eigenvalue weighted by Gasteiger charge is -2.23. The Morgan fingerprint density at radius 1 is 1.25 bits per heavy atom. The molecule has 0 fully saturated rings. The molecule has 0 aliphatic rings. The molecular formula is C14H27O2. The lowest BCUT2D eigenvalue weighted by Crippen LogP contribution is -2.28. The molecule has 0 heterocycles. The van der Waals surface area contributed by atoms with Crippen molar-refractivity contribution in [1.82, 2.24) is 0 Å². The first-order valence-corrected chi connectivity index (χ1v) is 6.42. The van der Waals surface area contributed by atoms with Crippen LogP contribution in [0.3, 0.4) is 0 Å². The Morgan fingerprint density at radius 3 is 2.31 bits per heavy atom. The molecule has 0 aromatic heterocycles. The fraction of sp³-hybridized carbons (Fsp3) is 0.857. The summed E-state index contributed by atoms with van der Waals surface area (Å²) in [5.41, 5.74) is -0.363. The van der Waals surface area contributed by atoms with Crippen LogP contribution in [0.1, 0.15) is 66.2 Å². The lowest BCUT2D eigenvalue weighted by atomic mass is 9.98. The summed E-state index contributed by atoms with van der Waals surface area (Å²) in [6.07, 6.45) is 6.24. The van der Waals surface area contributed by atoms with Gasteiger partial charge in [0.15, 0.2) is 0 Å². The molecule has 2 heteroatoms. The van der Waals surface area contributed by atoms with E-state index in [4.69, 9.17) is 4.74 Å². The number of esters is 1. The number of carbonyl (C=O) groups is 1. The summed E-state index contributed by atoms with van der Waals surface area (Å²) < 4.78 is 5.40. The van der Waals surface area contributed by atoms with Gasteiger partial charge in [0.25, 0.3) is 0 Å². The molecule has 1 radical (unpaired) electrons. The molecule has 0 saturated carbocycles. The highest BCUT2D eigenvalue weighted by Crippen LogP contribution is 2.19. The molecule has 16 heavy (non-hydrogen) atoms. The van der Waals surface area contributed by atoms with E-state index in [1.807, 2.05) is 20.8 Å². The molecule has 0 amide bonds. The van der Waals surface area contributed by atoms with E-state index in [-0.39, 0.29) is 17.5 Å². The molecule has 1 atom stereocenters. The van der Waals surface area contributed by atoms with Gasteiger partial charge in [0.05, 0.1) is 5.92 Å². The monoisotopic (exact) mass is 227 g/mol. The summed E-state index contributed by atoms with van der Waals surface area (Å²) in [6.45, 7) is 11.6. The van der Waals surface area contributed by atoms with Gasteiger partial charge in [-0.05, 0) is 33.6 Å². The molecule has 0 aliphatic carbocycles. The zero-order valence-corrected chi connectivity index (χ0v) is 11.3. The van der Waals surface area contributed by atoms with Crippen molar-refractivity contribution >= 4 is 5.97 Å². The van der Waals surface area contributed by atoms with Crippen LogP contribution in [0, 0.1) is 12.8 Å². The third-order valence-electron chi connectivity index (χ3n) is 2.54. The second kappa shape index (κ2) is 7.70. The highest BCUT2D eigenvalue weighted by atomic mass is 16.6. The van der Waals surface area contributed by atoms with Crippen LogP contribution < -0.4 is 0 Å². The summed E-state index contributed by atoms with van der Waals surface area (Å²) in [5, 5.41) is 0. The second-order valence-corrected chi connectivity index (χ2v) is 5.34. The molecule has 0 aliphatic heterocycles. The van der Waals surface area contributed by atoms with E-state index in [1.54, 1.807) is 0 Å². The predicted octanol–water partition coefficient (Wildman–Crippen LogP) is 4.14. The maximum Gasteiger partial charge on any atom is 0.309 e. The van der Waals surface area contributed by atoms with Gasteiger partial charge in [-0.3, -0.25) is 4.79 Å². The summed E-state index contributed by atoms with van der Waals surface area (Å²) >= 11 is 0. The normalized spacial score (nSPS) is 13.6. The van der Waals surface area contributed by atoms with E-state index in [1.165, 1.54) is 6.42 Å². The standard InChI is InChI=1S/C14H27O2/c1-6-8-9-10-11-12(7-2)13(15)16-14(3,4)5/h12H,1,6-11H2,2-5H3. The molecular weight excluding hydrogens is 200 g/mol. The van der Waals surface area contributed by atoms with Crippen molar-refractivity contribution < 1.29 is 9.53 Å². The first-order valence-electron chi connectivity index (χ1n) is 6.42. The van der Waals surface area contributed by atoms with Crippen LogP contribution in [0.25, 0.3) is 0 Å². The van der Waals surface area contributed by atoms with Crippen LogP contribution in [-0.4, -0.2) is 11.6 Å². The number of hydrogen-bond donors (Lipinski definition) is 0. The topological polar surface area (TPSA) is 26.3 Å². The van der Waals surface area contributed by atoms with E-state index in [9.17, 15) is 4.79 Å². The Labute approximate surface area is 101 Å². The minimum Gasteiger partial charge on any atom is -0.460 e. The van der Waals surface area contributed by atoms with Gasteiger partial charge in [0, 0.05) is 0 Å². The number of hydrogen-bond acceptors (Lipinski definition) is 2. The van der Waals surface area contributed by atoms with Gasteiger partial charge in [0.2, 0.25) is 0 Å². The molecule has 0 N–H and O–H groups in total. The summed E-state index contributed by atoms with van der Waals surface area (Å²) in [4.78, 5) is 11.8. The third-order valence-corrected chi connectivity index (χ3v) is 2.54. The van der Waals surface area contributed by atoms with Crippen molar-refractivity contribution in [2.45, 2.75) is 71.8 Å². The number of unbranched alkanes of at least 4 members (excludes halogenated alkanes) is 3. The van der Waals surface area contributed by atoms with Crippen LogP contribution in [0.2, 0.25) is 0 Å². The minimum atomic E-state index is -0.363. The van der Waals surface area contributed by atoms with E-state index in [2.05, 4.69) is 13.8 Å². The molecule has 0 saturated heterocycles. The van der Waals surface area contributed by atoms with Gasteiger partial charge in [-0.15, -0.1) is 0 Å². The maximum absolute atomic E-state index is 11.8. The molecule has 0 aromatic rings. The Kier molecular flexibility index (Phi) is 7.44. The van der Waals surface area contributed by atoms with Crippen molar-refractivity contribution in [2.24, 2.45) is 5.92 Å². The number of carbonyl (C=O) groups excluding carboxylic acids is 1. The van der Waals surface area contributed by atoms with Crippen molar-refractivity contribution in [3.63, 3.8) is 0 Å². The summed E-state index contributed by atoms with van der Waals surface area (Å²) in [7, 11) is 0. The van der Waals surface area contributed by atoms with Crippen molar-refractivity contribution in [1.29, 1.82) is 0 Å². The molecule has 1 unspecified atom stereocenters. The SMILES string of the molecule is [CH2]CCCCCC(CC)C(=O)OC(C)(C)C. The largest absolute Gasteiger partial charge is 0.460 e.